The maximum absolute atomic E-state index is 10.1. The first-order chi connectivity index (χ1) is 7.59. The summed E-state index contributed by atoms with van der Waals surface area (Å²) in [6.07, 6.45) is -0.256. The monoisotopic (exact) mass is 234 g/mol. The average Bonchev–Trinajstić information content (AvgIpc) is 2.70. The zero-order valence-corrected chi connectivity index (χ0v) is 10.8. The highest BCUT2D eigenvalue weighted by Crippen LogP contribution is 2.33. The van der Waals surface area contributed by atoms with Gasteiger partial charge < -0.3 is 5.11 Å². The summed E-state index contributed by atoms with van der Waals surface area (Å²) in [4.78, 5) is 1.28. The molecule has 2 heteroatoms. The first-order valence-electron chi connectivity index (χ1n) is 5.76. The molecule has 1 aromatic heterocycles. The molecule has 1 heterocycles. The molecular weight excluding hydrogens is 216 g/mol. The van der Waals surface area contributed by atoms with Gasteiger partial charge in [0.2, 0.25) is 0 Å². The summed E-state index contributed by atoms with van der Waals surface area (Å²) in [6.45, 7) is 6.23. The van der Waals surface area contributed by atoms with Crippen molar-refractivity contribution in [3.8, 4) is 0 Å². The van der Waals surface area contributed by atoms with Crippen molar-refractivity contribution in [1.82, 2.24) is 0 Å². The van der Waals surface area contributed by atoms with Crippen LogP contribution in [0.3, 0.4) is 0 Å². The van der Waals surface area contributed by atoms with Gasteiger partial charge in [-0.05, 0) is 23.4 Å². The van der Waals surface area contributed by atoms with Gasteiger partial charge in [-0.1, -0.05) is 39.0 Å². The summed E-state index contributed by atoms with van der Waals surface area (Å²) in [7, 11) is 0. The minimum atomic E-state index is -0.256. The third-order valence-electron chi connectivity index (χ3n) is 3.09. The van der Waals surface area contributed by atoms with Gasteiger partial charge in [0.1, 0.15) is 0 Å². The SMILES string of the molecule is CC(C)C(O)C(C)c1cc2ccccc2s1. The summed E-state index contributed by atoms with van der Waals surface area (Å²) >= 11 is 1.79. The number of hydrogen-bond donors (Lipinski definition) is 1. The van der Waals surface area contributed by atoms with Crippen LogP contribution in [0, 0.1) is 5.92 Å². The highest BCUT2D eigenvalue weighted by molar-refractivity contribution is 7.19. The summed E-state index contributed by atoms with van der Waals surface area (Å²) in [6, 6.07) is 10.6. The van der Waals surface area contributed by atoms with Crippen LogP contribution in [0.4, 0.5) is 0 Å². The van der Waals surface area contributed by atoms with Gasteiger partial charge in [0.15, 0.2) is 0 Å². The van der Waals surface area contributed by atoms with Crippen molar-refractivity contribution >= 4 is 21.4 Å². The molecule has 0 fully saturated rings. The van der Waals surface area contributed by atoms with Crippen LogP contribution in [0.5, 0.6) is 0 Å². The predicted molar refractivity (Wildman–Crippen MR) is 71.1 cm³/mol. The fraction of sp³-hybridized carbons (Fsp3) is 0.429. The van der Waals surface area contributed by atoms with Gasteiger partial charge in [-0.15, -0.1) is 11.3 Å². The van der Waals surface area contributed by atoms with Gasteiger partial charge >= 0.3 is 0 Å². The van der Waals surface area contributed by atoms with E-state index in [9.17, 15) is 5.11 Å². The number of rotatable bonds is 3. The van der Waals surface area contributed by atoms with E-state index in [0.29, 0.717) is 5.92 Å². The van der Waals surface area contributed by atoms with Crippen molar-refractivity contribution in [1.29, 1.82) is 0 Å². The number of aliphatic hydroxyl groups excluding tert-OH is 1. The van der Waals surface area contributed by atoms with Gasteiger partial charge in [0, 0.05) is 15.5 Å². The maximum Gasteiger partial charge on any atom is 0.0636 e. The van der Waals surface area contributed by atoms with Gasteiger partial charge in [-0.25, -0.2) is 0 Å². The minimum Gasteiger partial charge on any atom is -0.392 e. The normalized spacial score (nSPS) is 15.6. The Morgan fingerprint density at radius 3 is 2.44 bits per heavy atom. The lowest BCUT2D eigenvalue weighted by molar-refractivity contribution is 0.103. The molecule has 0 saturated heterocycles. The second kappa shape index (κ2) is 4.56. The highest BCUT2D eigenvalue weighted by atomic mass is 32.1. The van der Waals surface area contributed by atoms with E-state index >= 15 is 0 Å². The standard InChI is InChI=1S/C14H18OS/c1-9(2)14(15)10(3)13-8-11-6-4-5-7-12(11)16-13/h4-10,14-15H,1-3H3. The Hall–Kier alpha value is -0.860. The lowest BCUT2D eigenvalue weighted by Gasteiger charge is -2.20. The smallest absolute Gasteiger partial charge is 0.0636 e. The van der Waals surface area contributed by atoms with Crippen LogP contribution in [0.25, 0.3) is 10.1 Å². The fourth-order valence-electron chi connectivity index (χ4n) is 1.97. The van der Waals surface area contributed by atoms with Crippen LogP contribution in [0.2, 0.25) is 0 Å². The molecule has 0 amide bonds. The molecule has 1 aromatic carbocycles. The second-order valence-corrected chi connectivity index (χ2v) is 5.83. The molecule has 1 N–H and O–H groups in total. The molecule has 0 aliphatic carbocycles. The van der Waals surface area contributed by atoms with Gasteiger partial charge in [-0.3, -0.25) is 0 Å². The molecule has 16 heavy (non-hydrogen) atoms. The van der Waals surface area contributed by atoms with E-state index in [1.54, 1.807) is 11.3 Å². The third kappa shape index (κ3) is 2.13. The summed E-state index contributed by atoms with van der Waals surface area (Å²) in [5.41, 5.74) is 0. The van der Waals surface area contributed by atoms with E-state index < -0.39 is 0 Å². The Bertz CT molecular complexity index is 439. The molecule has 2 atom stereocenters. The molecular formula is C14H18OS. The quantitative estimate of drug-likeness (QED) is 0.850. The molecule has 0 saturated carbocycles. The number of hydrogen-bond acceptors (Lipinski definition) is 2. The van der Waals surface area contributed by atoms with Crippen LogP contribution in [-0.2, 0) is 0 Å². The van der Waals surface area contributed by atoms with E-state index in [1.165, 1.54) is 15.0 Å². The first-order valence-corrected chi connectivity index (χ1v) is 6.58. The van der Waals surface area contributed by atoms with E-state index in [4.69, 9.17) is 0 Å². The van der Waals surface area contributed by atoms with E-state index in [2.05, 4.69) is 51.1 Å². The Labute approximate surface area is 101 Å². The molecule has 0 spiro atoms. The summed E-state index contributed by atoms with van der Waals surface area (Å²) < 4.78 is 1.31. The topological polar surface area (TPSA) is 20.2 Å². The van der Waals surface area contributed by atoms with Crippen molar-refractivity contribution in [3.63, 3.8) is 0 Å². The Balaban J connectivity index is 2.33. The molecule has 2 rings (SSSR count). The number of thiophene rings is 1. The zero-order valence-electron chi connectivity index (χ0n) is 9.97. The number of fused-ring (bicyclic) bond motifs is 1. The molecule has 1 nitrogen and oxygen atoms in total. The molecule has 0 radical (unpaired) electrons. The molecule has 0 aliphatic heterocycles. The zero-order chi connectivity index (χ0) is 11.7. The Morgan fingerprint density at radius 2 is 1.81 bits per heavy atom. The van der Waals surface area contributed by atoms with Gasteiger partial charge in [-0.2, -0.15) is 0 Å². The lowest BCUT2D eigenvalue weighted by atomic mass is 9.93. The van der Waals surface area contributed by atoms with E-state index in [0.717, 1.165) is 0 Å². The van der Waals surface area contributed by atoms with Crippen molar-refractivity contribution in [2.45, 2.75) is 32.8 Å². The predicted octanol–water partition coefficient (Wildman–Crippen LogP) is 4.02. The van der Waals surface area contributed by atoms with Crippen LogP contribution >= 0.6 is 11.3 Å². The van der Waals surface area contributed by atoms with Crippen molar-refractivity contribution in [2.75, 3.05) is 0 Å². The van der Waals surface area contributed by atoms with Crippen LogP contribution < -0.4 is 0 Å². The van der Waals surface area contributed by atoms with Gasteiger partial charge in [0.25, 0.3) is 0 Å². The maximum atomic E-state index is 10.1. The van der Waals surface area contributed by atoms with Crippen molar-refractivity contribution in [3.05, 3.63) is 35.2 Å². The second-order valence-electron chi connectivity index (χ2n) is 4.71. The lowest BCUT2D eigenvalue weighted by Crippen LogP contribution is -2.21. The van der Waals surface area contributed by atoms with E-state index in [1.807, 2.05) is 0 Å². The molecule has 0 bridgehead atoms. The van der Waals surface area contributed by atoms with Crippen LogP contribution in [0.1, 0.15) is 31.6 Å². The van der Waals surface area contributed by atoms with Crippen molar-refractivity contribution < 1.29 is 5.11 Å². The fourth-order valence-corrected chi connectivity index (χ4v) is 3.13. The van der Waals surface area contributed by atoms with Crippen LogP contribution in [-0.4, -0.2) is 11.2 Å². The average molecular weight is 234 g/mol. The van der Waals surface area contributed by atoms with Crippen molar-refractivity contribution in [2.24, 2.45) is 5.92 Å². The molecule has 86 valence electrons. The molecule has 2 unspecified atom stereocenters. The molecule has 0 aliphatic rings. The number of benzene rings is 1. The third-order valence-corrected chi connectivity index (χ3v) is 4.41. The van der Waals surface area contributed by atoms with E-state index in [-0.39, 0.29) is 12.0 Å². The largest absolute Gasteiger partial charge is 0.392 e. The highest BCUT2D eigenvalue weighted by Gasteiger charge is 2.21. The minimum absolute atomic E-state index is 0.220. The van der Waals surface area contributed by atoms with Gasteiger partial charge in [0.05, 0.1) is 6.10 Å². The summed E-state index contributed by atoms with van der Waals surface area (Å²) in [5.74, 6) is 0.526. The first kappa shape index (κ1) is 11.6. The molecule has 2 aromatic rings. The summed E-state index contributed by atoms with van der Waals surface area (Å²) in [5, 5.41) is 11.4. The van der Waals surface area contributed by atoms with Crippen LogP contribution in [0.15, 0.2) is 30.3 Å². The Morgan fingerprint density at radius 1 is 1.12 bits per heavy atom. The Kier molecular flexibility index (Phi) is 3.31. The number of aliphatic hydroxyl groups is 1.